The molecule has 0 aliphatic rings. The normalized spacial score (nSPS) is 9.08. The van der Waals surface area contributed by atoms with Crippen LogP contribution in [0.3, 0.4) is 0 Å². The molecule has 0 aliphatic carbocycles. The Morgan fingerprint density at radius 1 is 1.42 bits per heavy atom. The number of hydrogen-bond acceptors (Lipinski definition) is 2. The standard InChI is InChI=1S/C9H10NO2/c1-10-9(11)12-7-8-5-3-2-4-6-8/h2-6H,1,7H2,(H,10,11). The van der Waals surface area contributed by atoms with Gasteiger partial charge in [0.2, 0.25) is 0 Å². The van der Waals surface area contributed by atoms with Crippen molar-refractivity contribution in [2.45, 2.75) is 6.61 Å². The van der Waals surface area contributed by atoms with E-state index in [1.54, 1.807) is 0 Å². The lowest BCUT2D eigenvalue weighted by Gasteiger charge is -2.02. The third kappa shape index (κ3) is 2.62. The lowest BCUT2D eigenvalue weighted by Crippen LogP contribution is -2.16. The van der Waals surface area contributed by atoms with Gasteiger partial charge in [0.15, 0.2) is 0 Å². The Bertz CT molecular complexity index is 246. The van der Waals surface area contributed by atoms with Gasteiger partial charge < -0.3 is 10.1 Å². The monoisotopic (exact) mass is 164 g/mol. The Morgan fingerprint density at radius 3 is 2.67 bits per heavy atom. The van der Waals surface area contributed by atoms with Crippen molar-refractivity contribution in [3.8, 4) is 0 Å². The summed E-state index contributed by atoms with van der Waals surface area (Å²) in [6.07, 6.45) is -0.515. The van der Waals surface area contributed by atoms with E-state index in [0.29, 0.717) is 0 Å². The van der Waals surface area contributed by atoms with Crippen LogP contribution in [0.25, 0.3) is 0 Å². The third-order valence-corrected chi connectivity index (χ3v) is 1.36. The molecule has 0 aromatic heterocycles. The van der Waals surface area contributed by atoms with Crippen LogP contribution in [0.1, 0.15) is 5.56 Å². The van der Waals surface area contributed by atoms with Gasteiger partial charge in [-0.15, -0.1) is 0 Å². The zero-order valence-electron chi connectivity index (χ0n) is 6.62. The highest BCUT2D eigenvalue weighted by Gasteiger charge is 1.97. The second kappa shape index (κ2) is 4.38. The average Bonchev–Trinajstić information content (AvgIpc) is 2.16. The van der Waals surface area contributed by atoms with Crippen LogP contribution in [0.2, 0.25) is 0 Å². The highest BCUT2D eigenvalue weighted by molar-refractivity contribution is 5.67. The first-order chi connectivity index (χ1) is 5.83. The van der Waals surface area contributed by atoms with Gasteiger partial charge in [-0.3, -0.25) is 0 Å². The highest BCUT2D eigenvalue weighted by atomic mass is 16.5. The smallest absolute Gasteiger partial charge is 0.407 e. The van der Waals surface area contributed by atoms with Gasteiger partial charge in [0.1, 0.15) is 6.61 Å². The van der Waals surface area contributed by atoms with Crippen molar-refractivity contribution in [3.05, 3.63) is 42.9 Å². The molecule has 0 atom stereocenters. The summed E-state index contributed by atoms with van der Waals surface area (Å²) in [6.45, 7) is 0.280. The molecule has 0 fully saturated rings. The van der Waals surface area contributed by atoms with Crippen molar-refractivity contribution < 1.29 is 9.53 Å². The van der Waals surface area contributed by atoms with Crippen LogP contribution < -0.4 is 5.32 Å². The maximum absolute atomic E-state index is 10.6. The maximum atomic E-state index is 10.6. The van der Waals surface area contributed by atoms with Crippen LogP contribution in [0.4, 0.5) is 4.79 Å². The van der Waals surface area contributed by atoms with E-state index in [1.807, 2.05) is 30.3 Å². The summed E-state index contributed by atoms with van der Waals surface area (Å²) in [4.78, 5) is 10.6. The van der Waals surface area contributed by atoms with E-state index in [0.717, 1.165) is 5.56 Å². The van der Waals surface area contributed by atoms with Crippen molar-refractivity contribution in [1.29, 1.82) is 0 Å². The van der Waals surface area contributed by atoms with Crippen LogP contribution in [-0.4, -0.2) is 6.09 Å². The fraction of sp³-hybridized carbons (Fsp3) is 0.111. The molecule has 0 heterocycles. The summed E-state index contributed by atoms with van der Waals surface area (Å²) in [5, 5.41) is 2.12. The molecule has 1 rings (SSSR count). The number of rotatable bonds is 2. The molecule has 0 saturated carbocycles. The summed E-state index contributed by atoms with van der Waals surface area (Å²) >= 11 is 0. The van der Waals surface area contributed by atoms with E-state index in [-0.39, 0.29) is 6.61 Å². The summed E-state index contributed by atoms with van der Waals surface area (Å²) < 4.78 is 4.76. The minimum atomic E-state index is -0.515. The number of ether oxygens (including phenoxy) is 1. The zero-order chi connectivity index (χ0) is 8.81. The Morgan fingerprint density at radius 2 is 2.08 bits per heavy atom. The van der Waals surface area contributed by atoms with E-state index in [1.165, 1.54) is 0 Å². The van der Waals surface area contributed by atoms with Gasteiger partial charge in [-0.1, -0.05) is 30.3 Å². The number of benzene rings is 1. The number of carbonyl (C=O) groups is 1. The van der Waals surface area contributed by atoms with Crippen LogP contribution >= 0.6 is 0 Å². The number of alkyl carbamates (subject to hydrolysis) is 1. The first kappa shape index (κ1) is 8.59. The molecule has 0 unspecified atom stereocenters. The van der Waals surface area contributed by atoms with Gasteiger partial charge in [-0.25, -0.2) is 4.79 Å². The summed E-state index contributed by atoms with van der Waals surface area (Å²) in [5.41, 5.74) is 0.959. The molecule has 1 N–H and O–H groups in total. The lowest BCUT2D eigenvalue weighted by atomic mass is 10.2. The quantitative estimate of drug-likeness (QED) is 0.722. The summed E-state index contributed by atoms with van der Waals surface area (Å²) in [6, 6.07) is 9.46. The van der Waals surface area contributed by atoms with Crippen molar-refractivity contribution in [2.75, 3.05) is 0 Å². The Balaban J connectivity index is 2.38. The first-order valence-electron chi connectivity index (χ1n) is 3.56. The van der Waals surface area contributed by atoms with E-state index in [2.05, 4.69) is 12.4 Å². The van der Waals surface area contributed by atoms with E-state index >= 15 is 0 Å². The number of hydrogen-bond donors (Lipinski definition) is 1. The van der Waals surface area contributed by atoms with Crippen LogP contribution in [0.15, 0.2) is 30.3 Å². The van der Waals surface area contributed by atoms with E-state index in [4.69, 9.17) is 4.74 Å². The van der Waals surface area contributed by atoms with Crippen molar-refractivity contribution in [3.63, 3.8) is 0 Å². The first-order valence-corrected chi connectivity index (χ1v) is 3.56. The molecule has 1 aromatic rings. The predicted octanol–water partition coefficient (Wildman–Crippen LogP) is 1.70. The Labute approximate surface area is 71.4 Å². The molecule has 0 bridgehead atoms. The van der Waals surface area contributed by atoms with E-state index < -0.39 is 6.09 Å². The average molecular weight is 164 g/mol. The summed E-state index contributed by atoms with van der Waals surface area (Å²) in [5.74, 6) is 0. The molecule has 12 heavy (non-hydrogen) atoms. The SMILES string of the molecule is [CH2]NC(=O)OCc1ccccc1. The van der Waals surface area contributed by atoms with Crippen LogP contribution in [0.5, 0.6) is 0 Å². The molecule has 3 nitrogen and oxygen atoms in total. The Kier molecular flexibility index (Phi) is 3.14. The number of nitrogens with one attached hydrogen (secondary N) is 1. The van der Waals surface area contributed by atoms with Crippen molar-refractivity contribution >= 4 is 6.09 Å². The maximum Gasteiger partial charge on any atom is 0.407 e. The second-order valence-electron chi connectivity index (χ2n) is 2.24. The topological polar surface area (TPSA) is 38.3 Å². The van der Waals surface area contributed by atoms with Gasteiger partial charge in [-0.2, -0.15) is 0 Å². The third-order valence-electron chi connectivity index (χ3n) is 1.36. The fourth-order valence-corrected chi connectivity index (χ4v) is 0.774. The molecule has 1 aromatic carbocycles. The van der Waals surface area contributed by atoms with E-state index in [9.17, 15) is 4.79 Å². The minimum absolute atomic E-state index is 0.280. The van der Waals surface area contributed by atoms with Crippen LogP contribution in [0, 0.1) is 7.05 Å². The number of amides is 1. The molecule has 1 radical (unpaired) electrons. The van der Waals surface area contributed by atoms with Gasteiger partial charge in [0, 0.05) is 7.05 Å². The van der Waals surface area contributed by atoms with Gasteiger partial charge in [0.25, 0.3) is 0 Å². The molecule has 63 valence electrons. The molecule has 0 aliphatic heterocycles. The Hall–Kier alpha value is -1.51. The van der Waals surface area contributed by atoms with Crippen molar-refractivity contribution in [2.24, 2.45) is 0 Å². The molecular weight excluding hydrogens is 154 g/mol. The number of carbonyl (C=O) groups excluding carboxylic acids is 1. The van der Waals surface area contributed by atoms with Gasteiger partial charge in [-0.05, 0) is 5.56 Å². The van der Waals surface area contributed by atoms with Crippen molar-refractivity contribution in [1.82, 2.24) is 5.32 Å². The zero-order valence-corrected chi connectivity index (χ0v) is 6.62. The molecule has 0 spiro atoms. The fourth-order valence-electron chi connectivity index (χ4n) is 0.774. The summed E-state index contributed by atoms with van der Waals surface area (Å²) in [7, 11) is 3.17. The minimum Gasteiger partial charge on any atom is -0.445 e. The van der Waals surface area contributed by atoms with Gasteiger partial charge >= 0.3 is 6.09 Å². The molecule has 3 heteroatoms. The largest absolute Gasteiger partial charge is 0.445 e. The molecular formula is C9H10NO2. The second-order valence-corrected chi connectivity index (χ2v) is 2.24. The van der Waals surface area contributed by atoms with Gasteiger partial charge in [0.05, 0.1) is 0 Å². The lowest BCUT2D eigenvalue weighted by molar-refractivity contribution is 0.143. The highest BCUT2D eigenvalue weighted by Crippen LogP contribution is 1.99. The molecule has 1 amide bonds. The van der Waals surface area contributed by atoms with Crippen LogP contribution in [-0.2, 0) is 11.3 Å². The molecule has 0 saturated heterocycles. The predicted molar refractivity (Wildman–Crippen MR) is 45.1 cm³/mol.